The molecule has 1 aromatic carbocycles. The molecule has 160 valence electrons. The second kappa shape index (κ2) is 7.55. The van der Waals surface area contributed by atoms with E-state index in [1.54, 1.807) is 31.5 Å². The van der Waals surface area contributed by atoms with Crippen molar-refractivity contribution in [2.24, 2.45) is 5.41 Å². The summed E-state index contributed by atoms with van der Waals surface area (Å²) in [5.74, 6) is -0.702. The van der Waals surface area contributed by atoms with E-state index in [9.17, 15) is 23.1 Å². The predicted molar refractivity (Wildman–Crippen MR) is 105 cm³/mol. The highest BCUT2D eigenvalue weighted by molar-refractivity contribution is 5.42. The zero-order valence-corrected chi connectivity index (χ0v) is 16.9. The van der Waals surface area contributed by atoms with Gasteiger partial charge < -0.3 is 9.84 Å². The average Bonchev–Trinajstić information content (AvgIpc) is 2.85. The third-order valence-corrected chi connectivity index (χ3v) is 4.72. The van der Waals surface area contributed by atoms with Gasteiger partial charge in [-0.25, -0.2) is 9.36 Å². The second-order valence-electron chi connectivity index (χ2n) is 7.99. The number of rotatable bonds is 4. The van der Waals surface area contributed by atoms with Crippen molar-refractivity contribution in [1.82, 2.24) is 14.1 Å². The Bertz CT molecular complexity index is 1080. The Hall–Kier alpha value is -3.23. The summed E-state index contributed by atoms with van der Waals surface area (Å²) in [4.78, 5) is 17.3. The highest BCUT2D eigenvalue weighted by Gasteiger charge is 2.33. The van der Waals surface area contributed by atoms with Crippen LogP contribution < -0.4 is 10.4 Å². The molecule has 0 aliphatic carbocycles. The number of aromatic nitrogens is 3. The fourth-order valence-electron chi connectivity index (χ4n) is 3.53. The van der Waals surface area contributed by atoms with E-state index in [0.29, 0.717) is 5.69 Å². The van der Waals surface area contributed by atoms with Crippen molar-refractivity contribution in [2.45, 2.75) is 40.1 Å². The van der Waals surface area contributed by atoms with Crippen LogP contribution in [0.15, 0.2) is 53.6 Å². The molecule has 1 N–H and O–H groups in total. The molecule has 1 unspecified atom stereocenters. The van der Waals surface area contributed by atoms with E-state index < -0.39 is 23.8 Å². The molecule has 0 aliphatic rings. The van der Waals surface area contributed by atoms with Crippen LogP contribution in [0.2, 0.25) is 0 Å². The number of alkyl halides is 3. The fourth-order valence-corrected chi connectivity index (χ4v) is 3.53. The molecular formula is C21H22F3N3O3. The molecule has 2 aromatic heterocycles. The molecule has 0 aliphatic heterocycles. The maximum absolute atomic E-state index is 13.3. The molecule has 30 heavy (non-hydrogen) atoms. The fraction of sp³-hybridized carbons (Fsp3) is 0.333. The summed E-state index contributed by atoms with van der Waals surface area (Å²) in [6.07, 6.45) is -1.56. The van der Waals surface area contributed by atoms with Gasteiger partial charge in [0.15, 0.2) is 0 Å². The molecule has 0 radical (unpaired) electrons. The summed E-state index contributed by atoms with van der Waals surface area (Å²) < 4.78 is 43.6. The predicted octanol–water partition coefficient (Wildman–Crippen LogP) is 4.58. The van der Waals surface area contributed by atoms with Crippen LogP contribution in [0.3, 0.4) is 0 Å². The standard InChI is InChI=1S/C21H22F3N3O3/c1-13-18(28)27(15-5-7-16(8-6-15)30-21(22,23)24)19(29)26(13)17(20(2,3)4)14-9-11-25-12-10-14/h5-12,17,28H,1-4H3. The van der Waals surface area contributed by atoms with Crippen LogP contribution in [0.1, 0.15) is 38.1 Å². The van der Waals surface area contributed by atoms with Crippen LogP contribution in [0.25, 0.3) is 5.69 Å². The minimum Gasteiger partial charge on any atom is -0.493 e. The Morgan fingerprint density at radius 1 is 1.03 bits per heavy atom. The molecule has 1 atom stereocenters. The molecule has 0 saturated carbocycles. The number of hydrogen-bond acceptors (Lipinski definition) is 4. The molecule has 2 heterocycles. The number of halogens is 3. The lowest BCUT2D eigenvalue weighted by molar-refractivity contribution is -0.274. The highest BCUT2D eigenvalue weighted by atomic mass is 19.4. The van der Waals surface area contributed by atoms with Crippen LogP contribution in [-0.2, 0) is 0 Å². The Morgan fingerprint density at radius 2 is 1.60 bits per heavy atom. The first-order valence-corrected chi connectivity index (χ1v) is 9.19. The van der Waals surface area contributed by atoms with Crippen molar-refractivity contribution in [3.8, 4) is 17.3 Å². The molecule has 0 fully saturated rings. The van der Waals surface area contributed by atoms with E-state index in [0.717, 1.165) is 22.3 Å². The SMILES string of the molecule is Cc1c(O)n(-c2ccc(OC(F)(F)F)cc2)c(=O)n1C(c1ccncc1)C(C)(C)C. The molecule has 0 spiro atoms. The van der Waals surface area contributed by atoms with E-state index in [1.807, 2.05) is 20.8 Å². The van der Waals surface area contributed by atoms with Crippen molar-refractivity contribution in [3.05, 3.63) is 70.5 Å². The van der Waals surface area contributed by atoms with Crippen molar-refractivity contribution in [3.63, 3.8) is 0 Å². The lowest BCUT2D eigenvalue weighted by atomic mass is 9.82. The maximum atomic E-state index is 13.3. The van der Waals surface area contributed by atoms with Gasteiger partial charge in [0.1, 0.15) is 5.75 Å². The maximum Gasteiger partial charge on any atom is 0.573 e. The first kappa shape index (κ1) is 21.5. The lowest BCUT2D eigenvalue weighted by Crippen LogP contribution is -2.35. The quantitative estimate of drug-likeness (QED) is 0.670. The van der Waals surface area contributed by atoms with Crippen molar-refractivity contribution < 1.29 is 23.0 Å². The number of nitrogens with zero attached hydrogens (tertiary/aromatic N) is 3. The topological polar surface area (TPSA) is 69.3 Å². The normalized spacial score (nSPS) is 13.3. The van der Waals surface area contributed by atoms with Crippen molar-refractivity contribution in [1.29, 1.82) is 0 Å². The Kier molecular flexibility index (Phi) is 5.40. The average molecular weight is 421 g/mol. The minimum absolute atomic E-state index is 0.219. The number of aromatic hydroxyl groups is 1. The monoisotopic (exact) mass is 421 g/mol. The Balaban J connectivity index is 2.13. The van der Waals surface area contributed by atoms with Gasteiger partial charge in [-0.2, -0.15) is 0 Å². The summed E-state index contributed by atoms with van der Waals surface area (Å²) in [6.45, 7) is 7.54. The first-order valence-electron chi connectivity index (χ1n) is 9.19. The molecule has 6 nitrogen and oxygen atoms in total. The van der Waals surface area contributed by atoms with Gasteiger partial charge in [0.25, 0.3) is 0 Å². The summed E-state index contributed by atoms with van der Waals surface area (Å²) in [7, 11) is 0. The van der Waals surface area contributed by atoms with E-state index in [2.05, 4.69) is 9.72 Å². The van der Waals surface area contributed by atoms with Gasteiger partial charge in [0, 0.05) is 12.4 Å². The van der Waals surface area contributed by atoms with Crippen molar-refractivity contribution >= 4 is 0 Å². The van der Waals surface area contributed by atoms with E-state index in [1.165, 1.54) is 16.7 Å². The lowest BCUT2D eigenvalue weighted by Gasteiger charge is -2.32. The summed E-state index contributed by atoms with van der Waals surface area (Å²) in [5, 5.41) is 10.7. The van der Waals surface area contributed by atoms with Crippen molar-refractivity contribution in [2.75, 3.05) is 0 Å². The number of imidazole rings is 1. The number of hydrogen-bond donors (Lipinski definition) is 1. The number of benzene rings is 1. The zero-order valence-electron chi connectivity index (χ0n) is 16.9. The Labute approximate surface area is 171 Å². The number of ether oxygens (including phenoxy) is 1. The largest absolute Gasteiger partial charge is 0.573 e. The smallest absolute Gasteiger partial charge is 0.493 e. The van der Waals surface area contributed by atoms with Gasteiger partial charge in [-0.3, -0.25) is 9.55 Å². The van der Waals surface area contributed by atoms with Gasteiger partial charge in [0.2, 0.25) is 5.88 Å². The minimum atomic E-state index is -4.81. The molecule has 3 aromatic rings. The zero-order chi connectivity index (χ0) is 22.3. The van der Waals surface area contributed by atoms with Gasteiger partial charge in [-0.05, 0) is 54.3 Å². The second-order valence-corrected chi connectivity index (χ2v) is 7.99. The van der Waals surface area contributed by atoms with E-state index >= 15 is 0 Å². The molecule has 0 saturated heterocycles. The van der Waals surface area contributed by atoms with Crippen LogP contribution in [0.5, 0.6) is 11.6 Å². The van der Waals surface area contributed by atoms with E-state index in [4.69, 9.17) is 0 Å². The first-order chi connectivity index (χ1) is 13.9. The summed E-state index contributed by atoms with van der Waals surface area (Å²) >= 11 is 0. The van der Waals surface area contributed by atoms with Gasteiger partial charge in [-0.1, -0.05) is 20.8 Å². The molecule has 0 bridgehead atoms. The van der Waals surface area contributed by atoms with Crippen LogP contribution in [-0.4, -0.2) is 25.6 Å². The van der Waals surface area contributed by atoms with Gasteiger partial charge in [-0.15, -0.1) is 13.2 Å². The third kappa shape index (κ3) is 4.19. The molecular weight excluding hydrogens is 399 g/mol. The van der Waals surface area contributed by atoms with Crippen LogP contribution in [0.4, 0.5) is 13.2 Å². The summed E-state index contributed by atoms with van der Waals surface area (Å²) in [6, 6.07) is 7.94. The van der Waals surface area contributed by atoms with Gasteiger partial charge in [0.05, 0.1) is 17.4 Å². The Morgan fingerprint density at radius 3 is 2.10 bits per heavy atom. The van der Waals surface area contributed by atoms with Gasteiger partial charge >= 0.3 is 12.1 Å². The molecule has 3 rings (SSSR count). The number of pyridine rings is 1. The molecule has 0 amide bonds. The van der Waals surface area contributed by atoms with E-state index in [-0.39, 0.29) is 17.0 Å². The highest BCUT2D eigenvalue weighted by Crippen LogP contribution is 2.38. The van der Waals surface area contributed by atoms with Crippen LogP contribution in [0, 0.1) is 12.3 Å². The third-order valence-electron chi connectivity index (χ3n) is 4.72. The molecule has 9 heteroatoms. The summed E-state index contributed by atoms with van der Waals surface area (Å²) in [5.41, 5.74) is 0.502. The van der Waals surface area contributed by atoms with Crippen LogP contribution >= 0.6 is 0 Å².